The van der Waals surface area contributed by atoms with Gasteiger partial charge in [0.2, 0.25) is 0 Å². The molecule has 0 aliphatic heterocycles. The molecule has 6 heteroatoms. The molecule has 0 N–H and O–H groups in total. The first kappa shape index (κ1) is 17.9. The van der Waals surface area contributed by atoms with Crippen LogP contribution >= 0.6 is 11.3 Å². The van der Waals surface area contributed by atoms with E-state index in [1.807, 2.05) is 60.1 Å². The zero-order valence-electron chi connectivity index (χ0n) is 16.1. The van der Waals surface area contributed by atoms with Crippen molar-refractivity contribution in [3.63, 3.8) is 0 Å². The quantitative estimate of drug-likeness (QED) is 0.412. The van der Waals surface area contributed by atoms with E-state index in [-0.39, 0.29) is 0 Å². The van der Waals surface area contributed by atoms with Gasteiger partial charge in [-0.3, -0.25) is 4.57 Å². The topological polar surface area (TPSA) is 49.2 Å². The van der Waals surface area contributed by atoms with Crippen LogP contribution in [0.3, 0.4) is 0 Å². The van der Waals surface area contributed by atoms with Gasteiger partial charge in [0.1, 0.15) is 5.82 Å². The fraction of sp³-hybridized carbons (Fsp3) is 0.217. The van der Waals surface area contributed by atoms with Gasteiger partial charge >= 0.3 is 0 Å². The van der Waals surface area contributed by atoms with Crippen molar-refractivity contribution in [3.05, 3.63) is 65.4 Å². The third-order valence-electron chi connectivity index (χ3n) is 5.00. The summed E-state index contributed by atoms with van der Waals surface area (Å²) in [5.41, 5.74) is 2.96. The van der Waals surface area contributed by atoms with Gasteiger partial charge in [0.15, 0.2) is 16.6 Å². The molecule has 1 aliphatic rings. The van der Waals surface area contributed by atoms with E-state index in [0.29, 0.717) is 5.92 Å². The monoisotopic (exact) mass is 403 g/mol. The third-order valence-corrected chi connectivity index (χ3v) is 5.76. The first-order chi connectivity index (χ1) is 14.3. The van der Waals surface area contributed by atoms with Crippen LogP contribution in [0.2, 0.25) is 0 Å². The molecule has 0 atom stereocenters. The van der Waals surface area contributed by atoms with Crippen molar-refractivity contribution in [3.8, 4) is 16.6 Å². The first-order valence-corrected chi connectivity index (χ1v) is 10.6. The van der Waals surface area contributed by atoms with E-state index < -0.39 is 0 Å². The lowest BCUT2D eigenvalue weighted by molar-refractivity contribution is 0.280. The van der Waals surface area contributed by atoms with Gasteiger partial charge in [0, 0.05) is 17.1 Å². The predicted molar refractivity (Wildman–Crippen MR) is 117 cm³/mol. The largest absolute Gasteiger partial charge is 0.493 e. The molecule has 0 amide bonds. The number of rotatable bonds is 7. The summed E-state index contributed by atoms with van der Waals surface area (Å²) in [6.07, 6.45) is 8.36. The van der Waals surface area contributed by atoms with Crippen LogP contribution in [-0.2, 0) is 0 Å². The molecular weight excluding hydrogens is 382 g/mol. The standard InChI is InChI=1S/C23H21N3O2S/c1-27-20-8-4-5-17(22(20)28-15-16-9-10-16)11-12-21-25-18-6-2-3-7-19(18)26(21)23-24-13-14-29-23/h2-8,11-14,16H,9-10,15H2,1H3/b12-11+. The van der Waals surface area contributed by atoms with Gasteiger partial charge in [0.25, 0.3) is 0 Å². The van der Waals surface area contributed by atoms with Crippen LogP contribution in [0.5, 0.6) is 11.5 Å². The molecule has 2 aromatic heterocycles. The van der Waals surface area contributed by atoms with Crippen LogP contribution in [-0.4, -0.2) is 28.3 Å². The summed E-state index contributed by atoms with van der Waals surface area (Å²) in [7, 11) is 1.68. The maximum atomic E-state index is 6.12. The normalized spacial score (nSPS) is 14.0. The summed E-state index contributed by atoms with van der Waals surface area (Å²) in [5, 5.41) is 2.87. The van der Waals surface area contributed by atoms with Gasteiger partial charge in [-0.2, -0.15) is 0 Å². The molecule has 29 heavy (non-hydrogen) atoms. The van der Waals surface area contributed by atoms with Crippen LogP contribution in [0, 0.1) is 5.92 Å². The molecule has 0 spiro atoms. The van der Waals surface area contributed by atoms with Gasteiger partial charge in [-0.25, -0.2) is 9.97 Å². The van der Waals surface area contributed by atoms with Gasteiger partial charge < -0.3 is 9.47 Å². The Morgan fingerprint density at radius 3 is 2.83 bits per heavy atom. The van der Waals surface area contributed by atoms with Crippen LogP contribution in [0.25, 0.3) is 28.3 Å². The van der Waals surface area contributed by atoms with Crippen LogP contribution in [0.15, 0.2) is 54.0 Å². The molecule has 0 bridgehead atoms. The van der Waals surface area contributed by atoms with Crippen molar-refractivity contribution in [1.82, 2.24) is 14.5 Å². The molecule has 1 saturated carbocycles. The van der Waals surface area contributed by atoms with Crippen molar-refractivity contribution in [2.45, 2.75) is 12.8 Å². The van der Waals surface area contributed by atoms with E-state index in [4.69, 9.17) is 14.5 Å². The summed E-state index contributed by atoms with van der Waals surface area (Å²) < 4.78 is 13.7. The minimum atomic E-state index is 0.672. The van der Waals surface area contributed by atoms with E-state index in [9.17, 15) is 0 Å². The van der Waals surface area contributed by atoms with Crippen molar-refractivity contribution in [2.24, 2.45) is 5.92 Å². The zero-order valence-corrected chi connectivity index (χ0v) is 16.9. The number of ether oxygens (including phenoxy) is 2. The molecule has 1 fully saturated rings. The van der Waals surface area contributed by atoms with Gasteiger partial charge in [-0.1, -0.05) is 24.3 Å². The Balaban J connectivity index is 1.55. The maximum absolute atomic E-state index is 6.12. The number of hydrogen-bond acceptors (Lipinski definition) is 5. The highest BCUT2D eigenvalue weighted by Crippen LogP contribution is 2.36. The van der Waals surface area contributed by atoms with E-state index in [1.54, 1.807) is 18.4 Å². The molecule has 146 valence electrons. The van der Waals surface area contributed by atoms with Crippen LogP contribution < -0.4 is 9.47 Å². The average Bonchev–Trinajstić information content (AvgIpc) is 3.28. The molecule has 0 unspecified atom stereocenters. The minimum absolute atomic E-state index is 0.672. The van der Waals surface area contributed by atoms with Crippen molar-refractivity contribution >= 4 is 34.5 Å². The highest BCUT2D eigenvalue weighted by molar-refractivity contribution is 7.12. The number of fused-ring (bicyclic) bond motifs is 1. The molecule has 1 aliphatic carbocycles. The van der Waals surface area contributed by atoms with Gasteiger partial charge in [0.05, 0.1) is 24.8 Å². The Morgan fingerprint density at radius 2 is 2.03 bits per heavy atom. The van der Waals surface area contributed by atoms with Gasteiger partial charge in [-0.15, -0.1) is 11.3 Å². The summed E-state index contributed by atoms with van der Waals surface area (Å²) in [4.78, 5) is 9.30. The zero-order chi connectivity index (χ0) is 19.6. The lowest BCUT2D eigenvalue weighted by Crippen LogP contribution is -2.02. The number of methoxy groups -OCH3 is 1. The highest BCUT2D eigenvalue weighted by Gasteiger charge is 2.23. The van der Waals surface area contributed by atoms with Crippen molar-refractivity contribution in [1.29, 1.82) is 0 Å². The maximum Gasteiger partial charge on any atom is 0.195 e. The summed E-state index contributed by atoms with van der Waals surface area (Å²) >= 11 is 1.59. The molecule has 0 radical (unpaired) electrons. The highest BCUT2D eigenvalue weighted by atomic mass is 32.1. The number of para-hydroxylation sites is 3. The fourth-order valence-corrected chi connectivity index (χ4v) is 3.98. The Bertz CT molecular complexity index is 1160. The number of benzene rings is 2. The van der Waals surface area contributed by atoms with Crippen molar-refractivity contribution in [2.75, 3.05) is 13.7 Å². The van der Waals surface area contributed by atoms with Crippen LogP contribution in [0.1, 0.15) is 24.2 Å². The number of nitrogens with zero attached hydrogens (tertiary/aromatic N) is 3. The number of imidazole rings is 1. The van der Waals surface area contributed by atoms with E-state index in [0.717, 1.165) is 45.7 Å². The molecule has 2 aromatic carbocycles. The molecule has 4 aromatic rings. The molecule has 5 rings (SSSR count). The SMILES string of the molecule is COc1cccc(/C=C/c2nc3ccccc3n2-c2nccs2)c1OCC1CC1. The second kappa shape index (κ2) is 7.72. The van der Waals surface area contributed by atoms with Gasteiger partial charge in [-0.05, 0) is 49.1 Å². The predicted octanol–water partition coefficient (Wildman–Crippen LogP) is 5.45. The minimum Gasteiger partial charge on any atom is -0.493 e. The van der Waals surface area contributed by atoms with E-state index >= 15 is 0 Å². The Hall–Kier alpha value is -3.12. The summed E-state index contributed by atoms with van der Waals surface area (Å²) in [6, 6.07) is 14.1. The average molecular weight is 404 g/mol. The fourth-order valence-electron chi connectivity index (χ4n) is 3.31. The Kier molecular flexibility index (Phi) is 4.77. The lowest BCUT2D eigenvalue weighted by atomic mass is 10.1. The lowest BCUT2D eigenvalue weighted by Gasteiger charge is -2.13. The van der Waals surface area contributed by atoms with E-state index in [1.165, 1.54) is 12.8 Å². The Labute approximate surface area is 173 Å². The smallest absolute Gasteiger partial charge is 0.195 e. The second-order valence-corrected chi connectivity index (χ2v) is 7.95. The molecule has 2 heterocycles. The number of thiazole rings is 1. The second-order valence-electron chi connectivity index (χ2n) is 7.08. The van der Waals surface area contributed by atoms with Crippen molar-refractivity contribution < 1.29 is 9.47 Å². The van der Waals surface area contributed by atoms with E-state index in [2.05, 4.69) is 15.6 Å². The molecule has 0 saturated heterocycles. The summed E-state index contributed by atoms with van der Waals surface area (Å²) in [6.45, 7) is 0.735. The number of hydrogen-bond donors (Lipinski definition) is 0. The molecule has 5 nitrogen and oxygen atoms in total. The molecular formula is C23H21N3O2S. The summed E-state index contributed by atoms with van der Waals surface area (Å²) in [5.74, 6) is 3.04. The first-order valence-electron chi connectivity index (χ1n) is 9.68. The Morgan fingerprint density at radius 1 is 1.14 bits per heavy atom. The number of aromatic nitrogens is 3. The third kappa shape index (κ3) is 3.63. The van der Waals surface area contributed by atoms with Crippen LogP contribution in [0.4, 0.5) is 0 Å².